The molecule has 0 spiro atoms. The van der Waals surface area contributed by atoms with Crippen molar-refractivity contribution in [2.75, 3.05) is 18.4 Å². The number of amides is 2. The number of aromatic nitrogens is 1. The first kappa shape index (κ1) is 23.2. The Kier molecular flexibility index (Phi) is 7.14. The minimum Gasteiger partial charge on any atom is -0.465 e. The van der Waals surface area contributed by atoms with Gasteiger partial charge in [-0.15, -0.1) is 22.7 Å². The van der Waals surface area contributed by atoms with Crippen molar-refractivity contribution in [1.29, 1.82) is 0 Å². The Labute approximate surface area is 203 Å². The molecule has 0 saturated carbocycles. The summed E-state index contributed by atoms with van der Waals surface area (Å²) in [5.74, 6) is -0.0559. The second-order valence-electron chi connectivity index (χ2n) is 7.85. The predicted octanol–water partition coefficient (Wildman–Crippen LogP) is 5.54. The molecule has 2 aromatic heterocycles. The van der Waals surface area contributed by atoms with Crippen molar-refractivity contribution in [3.05, 3.63) is 33.1 Å². The van der Waals surface area contributed by atoms with Gasteiger partial charge in [-0.1, -0.05) is 22.9 Å². The fraction of sp³-hybridized carbons (Fsp3) is 0.409. The number of rotatable bonds is 7. The smallest absolute Gasteiger partial charge is 0.407 e. The summed E-state index contributed by atoms with van der Waals surface area (Å²) in [4.78, 5) is 31.4. The number of carboxylic acid groups (broad SMARTS) is 1. The van der Waals surface area contributed by atoms with Crippen LogP contribution in [0.15, 0.2) is 22.7 Å². The van der Waals surface area contributed by atoms with Gasteiger partial charge in [0.1, 0.15) is 10.0 Å². The van der Waals surface area contributed by atoms with Crippen molar-refractivity contribution in [3.8, 4) is 10.6 Å². The Morgan fingerprint density at radius 3 is 2.91 bits per heavy atom. The lowest BCUT2D eigenvalue weighted by Gasteiger charge is -2.24. The van der Waals surface area contributed by atoms with E-state index in [1.165, 1.54) is 16.2 Å². The van der Waals surface area contributed by atoms with Crippen molar-refractivity contribution in [2.24, 2.45) is 0 Å². The molecule has 2 amide bonds. The van der Waals surface area contributed by atoms with E-state index in [1.54, 1.807) is 11.3 Å². The van der Waals surface area contributed by atoms with Crippen molar-refractivity contribution >= 4 is 65.8 Å². The highest BCUT2D eigenvalue weighted by atomic mass is 79.9. The summed E-state index contributed by atoms with van der Waals surface area (Å²) in [5, 5.41) is 17.5. The van der Waals surface area contributed by atoms with Gasteiger partial charge in [0.2, 0.25) is 5.91 Å². The van der Waals surface area contributed by atoms with Gasteiger partial charge in [-0.2, -0.15) is 0 Å². The molecule has 3 aromatic rings. The van der Waals surface area contributed by atoms with E-state index in [4.69, 9.17) is 4.98 Å². The van der Waals surface area contributed by atoms with Crippen LogP contribution in [0.4, 0.5) is 9.80 Å². The van der Waals surface area contributed by atoms with Crippen LogP contribution >= 0.6 is 38.6 Å². The maximum absolute atomic E-state index is 12.7. The standard InChI is InChI=1S/C22H25BrN4O3S2/c1-3-12(2)24-8-6-18(28)26-21-19(14-7-9-27(22(29)30)11-17(14)32-21)20-25-15-10-13(23)4-5-16(15)31-20/h4-5,10,12,24H,3,6-9,11H2,1-2H3,(H,26,28)(H,29,30)/t12-/m0/s1. The number of hydrogen-bond donors (Lipinski definition) is 3. The molecular formula is C22H25BrN4O3S2. The quantitative estimate of drug-likeness (QED) is 0.368. The second kappa shape index (κ2) is 9.86. The first-order chi connectivity index (χ1) is 15.4. The minimum absolute atomic E-state index is 0.0559. The maximum atomic E-state index is 12.7. The molecule has 10 heteroatoms. The zero-order valence-corrected chi connectivity index (χ0v) is 21.1. The Morgan fingerprint density at radius 1 is 1.34 bits per heavy atom. The summed E-state index contributed by atoms with van der Waals surface area (Å²) < 4.78 is 2.04. The van der Waals surface area contributed by atoms with Gasteiger partial charge in [-0.05, 0) is 43.5 Å². The number of fused-ring (bicyclic) bond motifs is 2. The molecule has 0 aliphatic carbocycles. The minimum atomic E-state index is -0.919. The molecule has 7 nitrogen and oxygen atoms in total. The molecule has 1 aliphatic heterocycles. The Hall–Kier alpha value is -2.01. The number of carbonyl (C=O) groups excluding carboxylic acids is 1. The average molecular weight is 538 g/mol. The summed E-state index contributed by atoms with van der Waals surface area (Å²) >= 11 is 6.55. The van der Waals surface area contributed by atoms with Gasteiger partial charge in [0.25, 0.3) is 0 Å². The molecule has 3 heterocycles. The summed E-state index contributed by atoms with van der Waals surface area (Å²) in [6.45, 7) is 5.60. The second-order valence-corrected chi connectivity index (χ2v) is 10.9. The highest BCUT2D eigenvalue weighted by Gasteiger charge is 2.29. The fourth-order valence-electron chi connectivity index (χ4n) is 3.65. The number of anilines is 1. The van der Waals surface area contributed by atoms with E-state index in [1.807, 2.05) is 18.2 Å². The van der Waals surface area contributed by atoms with E-state index in [0.29, 0.717) is 38.5 Å². The highest BCUT2D eigenvalue weighted by molar-refractivity contribution is 9.10. The molecule has 1 aromatic carbocycles. The van der Waals surface area contributed by atoms with Crippen LogP contribution in [0.2, 0.25) is 0 Å². The van der Waals surface area contributed by atoms with Crippen LogP contribution in [0.1, 0.15) is 37.1 Å². The van der Waals surface area contributed by atoms with Gasteiger partial charge in [-0.3, -0.25) is 4.79 Å². The first-order valence-electron chi connectivity index (χ1n) is 10.6. The molecule has 3 N–H and O–H groups in total. The topological polar surface area (TPSA) is 94.6 Å². The van der Waals surface area contributed by atoms with E-state index in [2.05, 4.69) is 40.4 Å². The van der Waals surface area contributed by atoms with Gasteiger partial charge < -0.3 is 20.6 Å². The van der Waals surface area contributed by atoms with Crippen molar-refractivity contribution in [1.82, 2.24) is 15.2 Å². The number of halogens is 1. The fourth-order valence-corrected chi connectivity index (χ4v) is 6.37. The predicted molar refractivity (Wildman–Crippen MR) is 134 cm³/mol. The number of hydrogen-bond acceptors (Lipinski definition) is 6. The van der Waals surface area contributed by atoms with Gasteiger partial charge in [0, 0.05) is 40.5 Å². The summed E-state index contributed by atoms with van der Waals surface area (Å²) in [6.07, 6.45) is 1.08. The molecule has 170 valence electrons. The van der Waals surface area contributed by atoms with Gasteiger partial charge in [0.15, 0.2) is 0 Å². The van der Waals surface area contributed by atoms with Crippen LogP contribution in [0.3, 0.4) is 0 Å². The highest BCUT2D eigenvalue weighted by Crippen LogP contribution is 2.45. The SMILES string of the molecule is CC[C@H](C)NCCC(=O)Nc1sc2c(c1-c1nc3cc(Br)ccc3s1)CCN(C(=O)O)C2. The van der Waals surface area contributed by atoms with Crippen molar-refractivity contribution in [3.63, 3.8) is 0 Å². The third-order valence-electron chi connectivity index (χ3n) is 5.60. The number of nitrogens with zero attached hydrogens (tertiary/aromatic N) is 2. The van der Waals surface area contributed by atoms with Crippen LogP contribution in [-0.2, 0) is 17.8 Å². The zero-order chi connectivity index (χ0) is 22.8. The molecule has 1 aliphatic rings. The molecule has 0 saturated heterocycles. The maximum Gasteiger partial charge on any atom is 0.407 e. The van der Waals surface area contributed by atoms with Crippen LogP contribution < -0.4 is 10.6 Å². The third kappa shape index (κ3) is 4.98. The van der Waals surface area contributed by atoms with Gasteiger partial charge in [0.05, 0.1) is 16.8 Å². The largest absolute Gasteiger partial charge is 0.465 e. The number of carbonyl (C=O) groups is 2. The van der Waals surface area contributed by atoms with Crippen molar-refractivity contribution < 1.29 is 14.7 Å². The van der Waals surface area contributed by atoms with Crippen LogP contribution in [0.25, 0.3) is 20.8 Å². The van der Waals surface area contributed by atoms with E-state index < -0.39 is 6.09 Å². The average Bonchev–Trinajstić information content (AvgIpc) is 3.32. The lowest BCUT2D eigenvalue weighted by molar-refractivity contribution is -0.116. The number of benzene rings is 1. The monoisotopic (exact) mass is 536 g/mol. The van der Waals surface area contributed by atoms with Crippen molar-refractivity contribution in [2.45, 2.75) is 45.7 Å². The van der Waals surface area contributed by atoms with Crippen LogP contribution in [0, 0.1) is 0 Å². The van der Waals surface area contributed by atoms with Crippen LogP contribution in [0.5, 0.6) is 0 Å². The van der Waals surface area contributed by atoms with E-state index in [-0.39, 0.29) is 5.91 Å². The van der Waals surface area contributed by atoms with Gasteiger partial charge >= 0.3 is 6.09 Å². The summed E-state index contributed by atoms with van der Waals surface area (Å²) in [7, 11) is 0. The summed E-state index contributed by atoms with van der Waals surface area (Å²) in [5.41, 5.74) is 2.94. The lowest BCUT2D eigenvalue weighted by Crippen LogP contribution is -2.34. The molecule has 1 atom stereocenters. The Balaban J connectivity index is 1.65. The number of thiazole rings is 1. The zero-order valence-electron chi connectivity index (χ0n) is 17.9. The molecule has 0 unspecified atom stereocenters. The van der Waals surface area contributed by atoms with E-state index in [9.17, 15) is 14.7 Å². The molecule has 0 fully saturated rings. The Morgan fingerprint density at radius 2 is 2.16 bits per heavy atom. The third-order valence-corrected chi connectivity index (χ3v) is 8.28. The molecule has 0 radical (unpaired) electrons. The normalized spacial score (nSPS) is 14.4. The number of thiophene rings is 1. The molecule has 32 heavy (non-hydrogen) atoms. The van der Waals surface area contributed by atoms with Gasteiger partial charge in [-0.25, -0.2) is 9.78 Å². The molecule has 4 rings (SSSR count). The number of nitrogens with one attached hydrogen (secondary N) is 2. The Bertz CT molecular complexity index is 1160. The van der Waals surface area contributed by atoms with E-state index in [0.717, 1.165) is 47.1 Å². The van der Waals surface area contributed by atoms with Crippen LogP contribution in [-0.4, -0.2) is 46.1 Å². The lowest BCUT2D eigenvalue weighted by atomic mass is 10.0. The molecular weight excluding hydrogens is 512 g/mol. The first-order valence-corrected chi connectivity index (χ1v) is 13.0. The molecule has 0 bridgehead atoms. The van der Waals surface area contributed by atoms with E-state index >= 15 is 0 Å². The summed E-state index contributed by atoms with van der Waals surface area (Å²) in [6, 6.07) is 6.38.